The smallest absolute Gasteiger partial charge is 0.330 e. The van der Waals surface area contributed by atoms with Crippen LogP contribution in [0, 0.1) is 11.8 Å². The molecule has 2 unspecified atom stereocenters. The van der Waals surface area contributed by atoms with Crippen LogP contribution in [-0.4, -0.2) is 23.7 Å². The first-order valence-electron chi connectivity index (χ1n) is 6.40. The fraction of sp³-hybridized carbons (Fsp3) is 0.429. The van der Waals surface area contributed by atoms with Gasteiger partial charge in [0.25, 0.3) is 0 Å². The number of hydrogen-bond donors (Lipinski definition) is 3. The van der Waals surface area contributed by atoms with E-state index in [0.29, 0.717) is 23.9 Å². The number of carbonyl (C=O) groups is 2. The van der Waals surface area contributed by atoms with Crippen molar-refractivity contribution < 1.29 is 14.7 Å². The average molecular weight is 262 g/mol. The fourth-order valence-corrected chi connectivity index (χ4v) is 2.02. The molecular weight excluding hydrogens is 244 g/mol. The van der Waals surface area contributed by atoms with E-state index in [9.17, 15) is 9.59 Å². The number of benzene rings is 1. The van der Waals surface area contributed by atoms with Crippen LogP contribution in [0.5, 0.6) is 0 Å². The summed E-state index contributed by atoms with van der Waals surface area (Å²) in [4.78, 5) is 22.9. The first-order chi connectivity index (χ1) is 9.08. The van der Waals surface area contributed by atoms with E-state index in [1.165, 1.54) is 0 Å². The van der Waals surface area contributed by atoms with Crippen molar-refractivity contribution in [2.24, 2.45) is 11.8 Å². The third-order valence-electron chi connectivity index (χ3n) is 3.46. The molecule has 1 aliphatic rings. The molecule has 1 aromatic rings. The van der Waals surface area contributed by atoms with E-state index in [0.717, 1.165) is 6.42 Å². The van der Waals surface area contributed by atoms with E-state index in [2.05, 4.69) is 17.6 Å². The van der Waals surface area contributed by atoms with E-state index in [1.807, 2.05) is 0 Å². The van der Waals surface area contributed by atoms with Gasteiger partial charge in [0.15, 0.2) is 6.04 Å². The summed E-state index contributed by atoms with van der Waals surface area (Å²) in [6.07, 6.45) is 1.13. The Morgan fingerprint density at radius 2 is 2.00 bits per heavy atom. The molecule has 0 aromatic heterocycles. The number of urea groups is 1. The van der Waals surface area contributed by atoms with Gasteiger partial charge in [-0.2, -0.15) is 0 Å². The van der Waals surface area contributed by atoms with Crippen molar-refractivity contribution in [3.8, 4) is 0 Å². The van der Waals surface area contributed by atoms with Crippen LogP contribution in [0.3, 0.4) is 0 Å². The number of carboxylic acids is 1. The van der Waals surface area contributed by atoms with Gasteiger partial charge >= 0.3 is 12.0 Å². The summed E-state index contributed by atoms with van der Waals surface area (Å²) in [6.45, 7) is 2.74. The Balaban J connectivity index is 1.89. The summed E-state index contributed by atoms with van der Waals surface area (Å²) in [5, 5.41) is 14.4. The molecule has 5 heteroatoms. The molecule has 1 saturated carbocycles. The van der Waals surface area contributed by atoms with Gasteiger partial charge in [0, 0.05) is 6.54 Å². The molecule has 0 aliphatic heterocycles. The van der Waals surface area contributed by atoms with Crippen molar-refractivity contribution in [3.63, 3.8) is 0 Å². The lowest BCUT2D eigenvalue weighted by molar-refractivity contribution is -0.139. The molecule has 102 valence electrons. The highest BCUT2D eigenvalue weighted by atomic mass is 16.4. The second-order valence-corrected chi connectivity index (χ2v) is 5.01. The van der Waals surface area contributed by atoms with Crippen molar-refractivity contribution in [1.29, 1.82) is 0 Å². The highest BCUT2D eigenvalue weighted by Crippen LogP contribution is 2.36. The molecule has 2 amide bonds. The number of carbonyl (C=O) groups excluding carboxylic acids is 1. The zero-order valence-electron chi connectivity index (χ0n) is 10.8. The molecule has 1 aromatic carbocycles. The number of carboxylic acid groups (broad SMARTS) is 1. The average Bonchev–Trinajstić information content (AvgIpc) is 3.10. The summed E-state index contributed by atoms with van der Waals surface area (Å²) in [7, 11) is 0. The third-order valence-corrected chi connectivity index (χ3v) is 3.46. The van der Waals surface area contributed by atoms with Crippen molar-refractivity contribution in [1.82, 2.24) is 10.6 Å². The Hall–Kier alpha value is -2.04. The van der Waals surface area contributed by atoms with Gasteiger partial charge in [0.2, 0.25) is 0 Å². The van der Waals surface area contributed by atoms with Gasteiger partial charge in [-0.3, -0.25) is 0 Å². The molecular formula is C14H18N2O3. The van der Waals surface area contributed by atoms with Crippen LogP contribution in [0.25, 0.3) is 0 Å². The largest absolute Gasteiger partial charge is 0.479 e. The van der Waals surface area contributed by atoms with E-state index in [4.69, 9.17) is 5.11 Å². The van der Waals surface area contributed by atoms with Crippen LogP contribution < -0.4 is 10.6 Å². The minimum absolute atomic E-state index is 0.435. The predicted molar refractivity (Wildman–Crippen MR) is 70.6 cm³/mol. The first-order valence-corrected chi connectivity index (χ1v) is 6.40. The summed E-state index contributed by atoms with van der Waals surface area (Å²) < 4.78 is 0. The van der Waals surface area contributed by atoms with Crippen LogP contribution in [0.2, 0.25) is 0 Å². The summed E-state index contributed by atoms with van der Waals surface area (Å²) in [5.74, 6) is 0.122. The molecule has 1 fully saturated rings. The standard InChI is InChI=1S/C14H18N2O3/c1-9-7-11(9)8-15-14(19)16-12(13(17)18)10-5-3-2-4-6-10/h2-6,9,11-12H,7-8H2,1H3,(H,17,18)(H2,15,16,19)/t9?,11?,12-/m1/s1. The van der Waals surface area contributed by atoms with E-state index in [-0.39, 0.29) is 0 Å². The van der Waals surface area contributed by atoms with Gasteiger partial charge < -0.3 is 15.7 Å². The molecule has 0 bridgehead atoms. The minimum atomic E-state index is -1.07. The molecule has 0 spiro atoms. The van der Waals surface area contributed by atoms with E-state index in [1.54, 1.807) is 30.3 Å². The second-order valence-electron chi connectivity index (χ2n) is 5.01. The molecule has 5 nitrogen and oxygen atoms in total. The normalized spacial score (nSPS) is 22.4. The maximum Gasteiger partial charge on any atom is 0.330 e. The SMILES string of the molecule is CC1CC1CNC(=O)N[C@@H](C(=O)O)c1ccccc1. The molecule has 3 N–H and O–H groups in total. The highest BCUT2D eigenvalue weighted by molar-refractivity contribution is 5.83. The topological polar surface area (TPSA) is 78.4 Å². The lowest BCUT2D eigenvalue weighted by Gasteiger charge is -2.15. The number of amides is 2. The monoisotopic (exact) mass is 262 g/mol. The van der Waals surface area contributed by atoms with Crippen LogP contribution >= 0.6 is 0 Å². The van der Waals surface area contributed by atoms with Gasteiger partial charge in [-0.25, -0.2) is 9.59 Å². The van der Waals surface area contributed by atoms with Crippen LogP contribution in [0.15, 0.2) is 30.3 Å². The quantitative estimate of drug-likeness (QED) is 0.756. The summed E-state index contributed by atoms with van der Waals surface area (Å²) >= 11 is 0. The molecule has 0 radical (unpaired) electrons. The lowest BCUT2D eigenvalue weighted by Crippen LogP contribution is -2.41. The Morgan fingerprint density at radius 1 is 1.37 bits per heavy atom. The minimum Gasteiger partial charge on any atom is -0.479 e. The van der Waals surface area contributed by atoms with E-state index >= 15 is 0 Å². The van der Waals surface area contributed by atoms with Gasteiger partial charge in [0.05, 0.1) is 0 Å². The molecule has 0 heterocycles. The number of nitrogens with one attached hydrogen (secondary N) is 2. The summed E-state index contributed by atoms with van der Waals surface area (Å²) in [6, 6.07) is 7.21. The van der Waals surface area contributed by atoms with Crippen molar-refractivity contribution in [2.75, 3.05) is 6.54 Å². The fourth-order valence-electron chi connectivity index (χ4n) is 2.02. The molecule has 19 heavy (non-hydrogen) atoms. The maximum absolute atomic E-state index is 11.7. The van der Waals surface area contributed by atoms with Crippen LogP contribution in [0.4, 0.5) is 4.79 Å². The number of hydrogen-bond acceptors (Lipinski definition) is 2. The lowest BCUT2D eigenvalue weighted by atomic mass is 10.1. The Bertz CT molecular complexity index is 461. The Kier molecular flexibility index (Phi) is 4.04. The van der Waals surface area contributed by atoms with Gasteiger partial charge in [-0.15, -0.1) is 0 Å². The molecule has 2 rings (SSSR count). The Morgan fingerprint density at radius 3 is 2.53 bits per heavy atom. The number of aliphatic carboxylic acids is 1. The van der Waals surface area contributed by atoms with Crippen LogP contribution in [-0.2, 0) is 4.79 Å². The zero-order chi connectivity index (χ0) is 13.8. The third kappa shape index (κ3) is 3.71. The Labute approximate surface area is 112 Å². The molecule has 3 atom stereocenters. The van der Waals surface area contributed by atoms with Crippen molar-refractivity contribution in [2.45, 2.75) is 19.4 Å². The van der Waals surface area contributed by atoms with Gasteiger partial charge in [-0.05, 0) is 23.8 Å². The van der Waals surface area contributed by atoms with Gasteiger partial charge in [-0.1, -0.05) is 37.3 Å². The zero-order valence-corrected chi connectivity index (χ0v) is 10.8. The summed E-state index contributed by atoms with van der Waals surface area (Å²) in [5.41, 5.74) is 0.560. The van der Waals surface area contributed by atoms with Crippen LogP contribution in [0.1, 0.15) is 24.9 Å². The highest BCUT2D eigenvalue weighted by Gasteiger charge is 2.32. The van der Waals surface area contributed by atoms with Crippen molar-refractivity contribution >= 4 is 12.0 Å². The number of rotatable bonds is 5. The van der Waals surface area contributed by atoms with Crippen molar-refractivity contribution in [3.05, 3.63) is 35.9 Å². The van der Waals surface area contributed by atoms with E-state index < -0.39 is 18.0 Å². The first kappa shape index (κ1) is 13.4. The second kappa shape index (κ2) is 5.73. The molecule has 1 aliphatic carbocycles. The van der Waals surface area contributed by atoms with Gasteiger partial charge in [0.1, 0.15) is 0 Å². The molecule has 0 saturated heterocycles. The maximum atomic E-state index is 11.7. The predicted octanol–water partition coefficient (Wildman–Crippen LogP) is 1.77.